The molecule has 0 saturated carbocycles. The lowest BCUT2D eigenvalue weighted by molar-refractivity contribution is -0.144. The minimum absolute atomic E-state index is 0.150. The first-order valence-corrected chi connectivity index (χ1v) is 5.86. The zero-order valence-corrected chi connectivity index (χ0v) is 11.2. The number of carbonyl (C=O) groups excluding carboxylic acids is 1. The van der Waals surface area contributed by atoms with Crippen LogP contribution in [-0.4, -0.2) is 23.7 Å². The molecule has 0 aliphatic carbocycles. The van der Waals surface area contributed by atoms with Gasteiger partial charge in [-0.15, -0.1) is 0 Å². The second-order valence-corrected chi connectivity index (χ2v) is 4.58. The van der Waals surface area contributed by atoms with E-state index in [0.717, 1.165) is 5.56 Å². The molecule has 5 heteroatoms. The summed E-state index contributed by atoms with van der Waals surface area (Å²) < 4.78 is 6.52. The van der Waals surface area contributed by atoms with E-state index in [0.29, 0.717) is 12.2 Å². The van der Waals surface area contributed by atoms with Gasteiger partial charge in [0.1, 0.15) is 17.8 Å². The van der Waals surface area contributed by atoms with E-state index in [9.17, 15) is 4.79 Å². The number of nitrogens with one attached hydrogen (secondary N) is 1. The van der Waals surface area contributed by atoms with Gasteiger partial charge in [-0.1, -0.05) is 13.8 Å². The molecule has 0 unspecified atom stereocenters. The number of aryl methyl sites for hydroxylation is 1. The fourth-order valence-corrected chi connectivity index (χ4v) is 1.79. The fourth-order valence-electron chi connectivity index (χ4n) is 1.79. The average molecular weight is 249 g/mol. The van der Waals surface area contributed by atoms with Crippen LogP contribution in [0.5, 0.6) is 0 Å². The molecule has 0 spiro atoms. The number of ether oxygens (including phenoxy) is 1. The lowest BCUT2D eigenvalue weighted by Gasteiger charge is -2.19. The summed E-state index contributed by atoms with van der Waals surface area (Å²) in [4.78, 5) is 11.6. The molecule has 0 aromatic carbocycles. The van der Waals surface area contributed by atoms with Crippen LogP contribution in [0.25, 0.3) is 0 Å². The van der Waals surface area contributed by atoms with Crippen LogP contribution < -0.4 is 5.32 Å². The SMILES string of the molecule is COC(=O)[C@@H](NCc1cc(C#N)n(C)c1)C(C)C. The molecule has 1 aromatic rings. The molecule has 0 aliphatic heterocycles. The zero-order chi connectivity index (χ0) is 13.7. The second kappa shape index (κ2) is 6.22. The second-order valence-electron chi connectivity index (χ2n) is 4.58. The summed E-state index contributed by atoms with van der Waals surface area (Å²) in [6.45, 7) is 4.45. The smallest absolute Gasteiger partial charge is 0.323 e. The van der Waals surface area contributed by atoms with Crippen LogP contribution in [0.15, 0.2) is 12.3 Å². The summed E-state index contributed by atoms with van der Waals surface area (Å²) >= 11 is 0. The largest absolute Gasteiger partial charge is 0.468 e. The molecule has 18 heavy (non-hydrogen) atoms. The molecule has 1 rings (SSSR count). The Morgan fingerprint density at radius 2 is 2.28 bits per heavy atom. The third-order valence-corrected chi connectivity index (χ3v) is 2.82. The maximum Gasteiger partial charge on any atom is 0.323 e. The Morgan fingerprint density at radius 3 is 2.72 bits per heavy atom. The van der Waals surface area contributed by atoms with Gasteiger partial charge in [-0.25, -0.2) is 0 Å². The quantitative estimate of drug-likeness (QED) is 0.796. The Morgan fingerprint density at radius 1 is 1.61 bits per heavy atom. The highest BCUT2D eigenvalue weighted by molar-refractivity contribution is 5.75. The highest BCUT2D eigenvalue weighted by Gasteiger charge is 2.22. The topological polar surface area (TPSA) is 67.0 Å². The van der Waals surface area contributed by atoms with Crippen molar-refractivity contribution in [3.05, 3.63) is 23.5 Å². The van der Waals surface area contributed by atoms with Gasteiger partial charge in [-0.3, -0.25) is 4.79 Å². The maximum atomic E-state index is 11.6. The molecule has 0 amide bonds. The van der Waals surface area contributed by atoms with E-state index in [1.54, 1.807) is 4.57 Å². The van der Waals surface area contributed by atoms with E-state index in [-0.39, 0.29) is 17.9 Å². The van der Waals surface area contributed by atoms with E-state index in [4.69, 9.17) is 10.00 Å². The number of rotatable bonds is 5. The van der Waals surface area contributed by atoms with Crippen LogP contribution in [0.2, 0.25) is 0 Å². The van der Waals surface area contributed by atoms with E-state index in [1.807, 2.05) is 33.2 Å². The summed E-state index contributed by atoms with van der Waals surface area (Å²) in [6, 6.07) is 3.58. The van der Waals surface area contributed by atoms with Gasteiger partial charge in [-0.2, -0.15) is 5.26 Å². The molecule has 0 saturated heterocycles. The molecule has 0 bridgehead atoms. The first-order chi connectivity index (χ1) is 8.49. The third kappa shape index (κ3) is 3.34. The third-order valence-electron chi connectivity index (χ3n) is 2.82. The average Bonchev–Trinajstić information content (AvgIpc) is 2.69. The number of hydrogen-bond donors (Lipinski definition) is 1. The van der Waals surface area contributed by atoms with Crippen LogP contribution >= 0.6 is 0 Å². The first-order valence-electron chi connectivity index (χ1n) is 5.86. The number of nitrogens with zero attached hydrogens (tertiary/aromatic N) is 2. The van der Waals surface area contributed by atoms with Crippen molar-refractivity contribution in [2.75, 3.05) is 7.11 Å². The van der Waals surface area contributed by atoms with Gasteiger partial charge in [0, 0.05) is 19.8 Å². The van der Waals surface area contributed by atoms with E-state index in [1.165, 1.54) is 7.11 Å². The van der Waals surface area contributed by atoms with Crippen molar-refractivity contribution in [3.8, 4) is 6.07 Å². The molecule has 0 fully saturated rings. The van der Waals surface area contributed by atoms with Crippen molar-refractivity contribution < 1.29 is 9.53 Å². The lowest BCUT2D eigenvalue weighted by Crippen LogP contribution is -2.41. The Bertz CT molecular complexity index is 457. The lowest BCUT2D eigenvalue weighted by atomic mass is 10.0. The predicted octanol–water partition coefficient (Wildman–Crippen LogP) is 1.18. The minimum Gasteiger partial charge on any atom is -0.468 e. The van der Waals surface area contributed by atoms with Crippen molar-refractivity contribution in [1.29, 1.82) is 5.26 Å². The molecule has 5 nitrogen and oxygen atoms in total. The summed E-state index contributed by atoms with van der Waals surface area (Å²) in [5.74, 6) is -0.113. The van der Waals surface area contributed by atoms with Crippen LogP contribution in [-0.2, 0) is 23.1 Å². The molecule has 1 aromatic heterocycles. The number of methoxy groups -OCH3 is 1. The molecule has 1 N–H and O–H groups in total. The molecular formula is C13H19N3O2. The number of esters is 1. The number of carbonyl (C=O) groups is 1. The van der Waals surface area contributed by atoms with Crippen LogP contribution in [0, 0.1) is 17.2 Å². The highest BCUT2D eigenvalue weighted by atomic mass is 16.5. The van der Waals surface area contributed by atoms with E-state index < -0.39 is 0 Å². The molecular weight excluding hydrogens is 230 g/mol. The van der Waals surface area contributed by atoms with Crippen molar-refractivity contribution in [3.63, 3.8) is 0 Å². The first kappa shape index (κ1) is 14.3. The van der Waals surface area contributed by atoms with E-state index >= 15 is 0 Å². The van der Waals surface area contributed by atoms with Gasteiger partial charge in [0.15, 0.2) is 0 Å². The van der Waals surface area contributed by atoms with Crippen LogP contribution in [0.4, 0.5) is 0 Å². The van der Waals surface area contributed by atoms with Crippen LogP contribution in [0.1, 0.15) is 25.1 Å². The minimum atomic E-state index is -0.333. The number of hydrogen-bond acceptors (Lipinski definition) is 4. The Balaban J connectivity index is 2.67. The highest BCUT2D eigenvalue weighted by Crippen LogP contribution is 2.09. The van der Waals surface area contributed by atoms with Gasteiger partial charge in [-0.05, 0) is 17.5 Å². The number of aromatic nitrogens is 1. The van der Waals surface area contributed by atoms with Gasteiger partial charge < -0.3 is 14.6 Å². The summed E-state index contributed by atoms with van der Waals surface area (Å²) in [6.07, 6.45) is 1.88. The van der Waals surface area contributed by atoms with Crippen molar-refractivity contribution in [2.24, 2.45) is 13.0 Å². The molecule has 0 aliphatic rings. The van der Waals surface area contributed by atoms with Gasteiger partial charge in [0.25, 0.3) is 0 Å². The molecule has 0 radical (unpaired) electrons. The maximum absolute atomic E-state index is 11.6. The van der Waals surface area contributed by atoms with Crippen molar-refractivity contribution >= 4 is 5.97 Å². The van der Waals surface area contributed by atoms with Crippen molar-refractivity contribution in [2.45, 2.75) is 26.4 Å². The van der Waals surface area contributed by atoms with Gasteiger partial charge >= 0.3 is 5.97 Å². The number of nitriles is 1. The molecule has 1 heterocycles. The van der Waals surface area contributed by atoms with Crippen molar-refractivity contribution in [1.82, 2.24) is 9.88 Å². The monoisotopic (exact) mass is 249 g/mol. The normalized spacial score (nSPS) is 12.2. The Labute approximate surface area is 107 Å². The standard InChI is InChI=1S/C13H19N3O2/c1-9(2)12(13(17)18-4)15-7-10-5-11(6-14)16(3)8-10/h5,8-9,12,15H,7H2,1-4H3/t12-/m0/s1. The van der Waals surface area contributed by atoms with Crippen LogP contribution in [0.3, 0.4) is 0 Å². The molecule has 98 valence electrons. The zero-order valence-electron chi connectivity index (χ0n) is 11.2. The summed E-state index contributed by atoms with van der Waals surface area (Å²) in [7, 11) is 3.21. The summed E-state index contributed by atoms with van der Waals surface area (Å²) in [5.41, 5.74) is 1.58. The summed E-state index contributed by atoms with van der Waals surface area (Å²) in [5, 5.41) is 12.0. The Hall–Kier alpha value is -1.80. The van der Waals surface area contributed by atoms with E-state index in [2.05, 4.69) is 11.4 Å². The van der Waals surface area contributed by atoms with Gasteiger partial charge in [0.2, 0.25) is 0 Å². The predicted molar refractivity (Wildman–Crippen MR) is 67.6 cm³/mol. The Kier molecular flexibility index (Phi) is 4.93. The fraction of sp³-hybridized carbons (Fsp3) is 0.538. The van der Waals surface area contributed by atoms with Gasteiger partial charge in [0.05, 0.1) is 7.11 Å². The molecule has 1 atom stereocenters.